The number of hydrogen-bond donors (Lipinski definition) is 1. The summed E-state index contributed by atoms with van der Waals surface area (Å²) in [7, 11) is 0. The molecule has 140 valence electrons. The van der Waals surface area contributed by atoms with Crippen LogP contribution in [0.5, 0.6) is 0 Å². The van der Waals surface area contributed by atoms with Crippen LogP contribution in [0.3, 0.4) is 0 Å². The molecule has 1 aromatic carbocycles. The van der Waals surface area contributed by atoms with Crippen LogP contribution in [0.4, 0.5) is 0 Å². The number of halogens is 1. The second kappa shape index (κ2) is 9.21. The van der Waals surface area contributed by atoms with E-state index in [1.54, 1.807) is 0 Å². The van der Waals surface area contributed by atoms with Crippen molar-refractivity contribution in [1.29, 1.82) is 0 Å². The summed E-state index contributed by atoms with van der Waals surface area (Å²) in [5.41, 5.74) is 9.16. The van der Waals surface area contributed by atoms with Crippen LogP contribution in [-0.4, -0.2) is 43.7 Å². The Morgan fingerprint density at radius 1 is 1.24 bits per heavy atom. The van der Waals surface area contributed by atoms with Gasteiger partial charge in [-0.05, 0) is 49.7 Å². The molecule has 25 heavy (non-hydrogen) atoms. The molecule has 1 aromatic rings. The number of guanidine groups is 1. The van der Waals surface area contributed by atoms with Gasteiger partial charge in [0.05, 0.1) is 6.54 Å². The van der Waals surface area contributed by atoms with E-state index in [4.69, 9.17) is 15.5 Å². The van der Waals surface area contributed by atoms with Crippen molar-refractivity contribution >= 4 is 29.9 Å². The van der Waals surface area contributed by atoms with Crippen LogP contribution in [0.2, 0.25) is 0 Å². The Morgan fingerprint density at radius 3 is 2.52 bits per heavy atom. The van der Waals surface area contributed by atoms with E-state index in [2.05, 4.69) is 43.0 Å². The number of piperidine rings is 1. The molecule has 0 saturated carbocycles. The SMILES string of the molecule is Cc1ccccc1C1(CN=C(N)N2CCC(C)CC2)CCOCC1.I. The van der Waals surface area contributed by atoms with E-state index in [0.29, 0.717) is 0 Å². The Morgan fingerprint density at radius 2 is 1.88 bits per heavy atom. The maximum Gasteiger partial charge on any atom is 0.191 e. The largest absolute Gasteiger partial charge is 0.381 e. The van der Waals surface area contributed by atoms with Gasteiger partial charge in [-0.15, -0.1) is 24.0 Å². The topological polar surface area (TPSA) is 50.8 Å². The molecule has 0 unspecified atom stereocenters. The van der Waals surface area contributed by atoms with Crippen LogP contribution in [0.25, 0.3) is 0 Å². The summed E-state index contributed by atoms with van der Waals surface area (Å²) >= 11 is 0. The second-order valence-electron chi connectivity index (χ2n) is 7.55. The molecule has 5 heteroatoms. The van der Waals surface area contributed by atoms with Crippen LogP contribution in [-0.2, 0) is 10.2 Å². The van der Waals surface area contributed by atoms with Crippen molar-refractivity contribution in [1.82, 2.24) is 4.90 Å². The molecule has 0 radical (unpaired) electrons. The maximum atomic E-state index is 6.33. The summed E-state index contributed by atoms with van der Waals surface area (Å²) < 4.78 is 5.63. The minimum absolute atomic E-state index is 0. The Labute approximate surface area is 169 Å². The molecule has 0 amide bonds. The van der Waals surface area contributed by atoms with E-state index in [0.717, 1.165) is 57.6 Å². The summed E-state index contributed by atoms with van der Waals surface area (Å²) in [5.74, 6) is 1.53. The van der Waals surface area contributed by atoms with Crippen LogP contribution in [0.1, 0.15) is 43.7 Å². The molecule has 2 N–H and O–H groups in total. The lowest BCUT2D eigenvalue weighted by Gasteiger charge is -2.38. The highest BCUT2D eigenvalue weighted by atomic mass is 127. The Balaban J connectivity index is 0.00000225. The summed E-state index contributed by atoms with van der Waals surface area (Å²) in [4.78, 5) is 7.11. The lowest BCUT2D eigenvalue weighted by atomic mass is 9.72. The standard InChI is InChI=1S/C20H31N3O.HI/c1-16-7-11-23(12-8-16)19(21)22-15-20(9-13-24-14-10-20)18-6-4-3-5-17(18)2;/h3-6,16H,7-15H2,1-2H3,(H2,21,22);1H. The molecule has 0 bridgehead atoms. The Hall–Kier alpha value is -0.820. The van der Waals surface area contributed by atoms with Crippen molar-refractivity contribution in [2.24, 2.45) is 16.6 Å². The van der Waals surface area contributed by atoms with Gasteiger partial charge in [-0.25, -0.2) is 0 Å². The van der Waals surface area contributed by atoms with E-state index >= 15 is 0 Å². The highest BCUT2D eigenvalue weighted by molar-refractivity contribution is 14.0. The molecule has 2 aliphatic rings. The molecule has 2 aliphatic heterocycles. The molecule has 3 rings (SSSR count). The smallest absolute Gasteiger partial charge is 0.191 e. The minimum atomic E-state index is 0. The minimum Gasteiger partial charge on any atom is -0.381 e. The fraction of sp³-hybridized carbons (Fsp3) is 0.650. The van der Waals surface area contributed by atoms with Crippen molar-refractivity contribution in [2.75, 3.05) is 32.8 Å². The predicted molar refractivity (Wildman–Crippen MR) is 115 cm³/mol. The number of benzene rings is 1. The highest BCUT2D eigenvalue weighted by Crippen LogP contribution is 2.37. The van der Waals surface area contributed by atoms with Gasteiger partial charge in [0.2, 0.25) is 0 Å². The summed E-state index contributed by atoms with van der Waals surface area (Å²) in [6.45, 7) is 8.98. The van der Waals surface area contributed by atoms with Gasteiger partial charge in [0.15, 0.2) is 5.96 Å². The quantitative estimate of drug-likeness (QED) is 0.428. The number of hydrogen-bond acceptors (Lipinski definition) is 2. The average molecular weight is 457 g/mol. The molecular weight excluding hydrogens is 425 g/mol. The number of nitrogens with two attached hydrogens (primary N) is 1. The predicted octanol–water partition coefficient (Wildman–Crippen LogP) is 3.71. The van der Waals surface area contributed by atoms with Gasteiger partial charge in [0.25, 0.3) is 0 Å². The van der Waals surface area contributed by atoms with Gasteiger partial charge in [-0.2, -0.15) is 0 Å². The van der Waals surface area contributed by atoms with Gasteiger partial charge in [0.1, 0.15) is 0 Å². The molecule has 4 nitrogen and oxygen atoms in total. The van der Waals surface area contributed by atoms with E-state index in [1.807, 2.05) is 0 Å². The van der Waals surface area contributed by atoms with E-state index in [9.17, 15) is 0 Å². The normalized spacial score (nSPS) is 21.7. The van der Waals surface area contributed by atoms with Gasteiger partial charge < -0.3 is 15.4 Å². The number of aliphatic imine (C=N–C) groups is 1. The molecule has 0 spiro atoms. The molecular formula is C20H32IN3O. The van der Waals surface area contributed by atoms with Crippen molar-refractivity contribution in [3.63, 3.8) is 0 Å². The van der Waals surface area contributed by atoms with Crippen molar-refractivity contribution in [3.8, 4) is 0 Å². The third-order valence-corrected chi connectivity index (χ3v) is 5.82. The lowest BCUT2D eigenvalue weighted by molar-refractivity contribution is 0.0528. The fourth-order valence-corrected chi connectivity index (χ4v) is 4.01. The van der Waals surface area contributed by atoms with Crippen molar-refractivity contribution in [3.05, 3.63) is 35.4 Å². The van der Waals surface area contributed by atoms with Crippen LogP contribution in [0.15, 0.2) is 29.3 Å². The van der Waals surface area contributed by atoms with Crippen LogP contribution < -0.4 is 5.73 Å². The lowest BCUT2D eigenvalue weighted by Crippen LogP contribution is -2.44. The van der Waals surface area contributed by atoms with Gasteiger partial charge in [-0.1, -0.05) is 31.2 Å². The zero-order valence-corrected chi connectivity index (χ0v) is 17.9. The monoisotopic (exact) mass is 457 g/mol. The first-order chi connectivity index (χ1) is 11.6. The van der Waals surface area contributed by atoms with Crippen molar-refractivity contribution < 1.29 is 4.74 Å². The number of rotatable bonds is 3. The first-order valence-corrected chi connectivity index (χ1v) is 9.29. The van der Waals surface area contributed by atoms with E-state index < -0.39 is 0 Å². The summed E-state index contributed by atoms with van der Waals surface area (Å²) in [6, 6.07) is 8.71. The molecule has 2 heterocycles. The number of aryl methyl sites for hydroxylation is 1. The molecule has 0 aromatic heterocycles. The molecule has 2 fully saturated rings. The van der Waals surface area contributed by atoms with Gasteiger partial charge in [0, 0.05) is 31.7 Å². The third kappa shape index (κ3) is 4.88. The third-order valence-electron chi connectivity index (χ3n) is 5.82. The van der Waals surface area contributed by atoms with Gasteiger partial charge in [-0.3, -0.25) is 4.99 Å². The maximum absolute atomic E-state index is 6.33. The number of nitrogens with zero attached hydrogens (tertiary/aromatic N) is 2. The van der Waals surface area contributed by atoms with Crippen LogP contribution in [0, 0.1) is 12.8 Å². The highest BCUT2D eigenvalue weighted by Gasteiger charge is 2.35. The molecule has 0 aliphatic carbocycles. The molecule has 0 atom stereocenters. The van der Waals surface area contributed by atoms with Crippen molar-refractivity contribution in [2.45, 2.75) is 44.9 Å². The zero-order chi connectivity index (χ0) is 17.0. The Bertz CT molecular complexity index is 576. The van der Waals surface area contributed by atoms with Gasteiger partial charge >= 0.3 is 0 Å². The fourth-order valence-electron chi connectivity index (χ4n) is 4.01. The summed E-state index contributed by atoms with van der Waals surface area (Å²) in [5, 5.41) is 0. The van der Waals surface area contributed by atoms with Crippen LogP contribution >= 0.6 is 24.0 Å². The number of likely N-dealkylation sites (tertiary alicyclic amines) is 1. The first-order valence-electron chi connectivity index (χ1n) is 9.29. The first kappa shape index (κ1) is 20.5. The number of ether oxygens (including phenoxy) is 1. The van der Waals surface area contributed by atoms with E-state index in [1.165, 1.54) is 24.0 Å². The second-order valence-corrected chi connectivity index (χ2v) is 7.55. The Kier molecular flexibility index (Phi) is 7.55. The van der Waals surface area contributed by atoms with E-state index in [-0.39, 0.29) is 29.4 Å². The zero-order valence-electron chi connectivity index (χ0n) is 15.5. The molecule has 2 saturated heterocycles. The average Bonchev–Trinajstić information content (AvgIpc) is 2.61. The summed E-state index contributed by atoms with van der Waals surface area (Å²) in [6.07, 6.45) is 4.47.